The number of aliphatic hydroxyl groups excluding tert-OH is 1. The number of carbonyl (C=O) groups is 2. The van der Waals surface area contributed by atoms with E-state index in [4.69, 9.17) is 4.74 Å². The first-order valence-corrected chi connectivity index (χ1v) is 10.3. The van der Waals surface area contributed by atoms with Crippen LogP contribution in [0.4, 0.5) is 5.69 Å². The SMILES string of the molecule is CN(CCO)C1=C(c2cccs2)C(=O)N(c2ccc(Oc3ccccc3)cc2)C1=O. The van der Waals surface area contributed by atoms with Crippen molar-refractivity contribution in [1.82, 2.24) is 4.90 Å². The van der Waals surface area contributed by atoms with Gasteiger partial charge in [0.15, 0.2) is 0 Å². The highest BCUT2D eigenvalue weighted by Crippen LogP contribution is 2.36. The molecule has 0 unspecified atom stereocenters. The largest absolute Gasteiger partial charge is 0.457 e. The molecule has 1 aliphatic heterocycles. The van der Waals surface area contributed by atoms with Gasteiger partial charge in [0.1, 0.15) is 17.2 Å². The zero-order valence-electron chi connectivity index (χ0n) is 16.3. The average molecular weight is 420 g/mol. The molecule has 152 valence electrons. The Morgan fingerprint density at radius 2 is 1.63 bits per heavy atom. The lowest BCUT2D eigenvalue weighted by atomic mass is 10.2. The van der Waals surface area contributed by atoms with Gasteiger partial charge < -0.3 is 14.7 Å². The maximum atomic E-state index is 13.2. The highest BCUT2D eigenvalue weighted by molar-refractivity contribution is 7.11. The maximum absolute atomic E-state index is 13.2. The van der Waals surface area contributed by atoms with Crippen molar-refractivity contribution in [2.24, 2.45) is 0 Å². The summed E-state index contributed by atoms with van der Waals surface area (Å²) in [4.78, 5) is 30.0. The second-order valence-electron chi connectivity index (χ2n) is 6.70. The Hall–Kier alpha value is -3.42. The number of carbonyl (C=O) groups excluding carboxylic acids is 2. The van der Waals surface area contributed by atoms with E-state index in [2.05, 4.69) is 0 Å². The Morgan fingerprint density at radius 1 is 0.933 bits per heavy atom. The molecule has 30 heavy (non-hydrogen) atoms. The first-order chi connectivity index (χ1) is 14.6. The predicted molar refractivity (Wildman–Crippen MR) is 116 cm³/mol. The summed E-state index contributed by atoms with van der Waals surface area (Å²) in [5.74, 6) is 0.524. The Morgan fingerprint density at radius 3 is 2.27 bits per heavy atom. The fourth-order valence-corrected chi connectivity index (χ4v) is 4.06. The zero-order chi connectivity index (χ0) is 21.1. The summed E-state index contributed by atoms with van der Waals surface area (Å²) in [5.41, 5.74) is 1.11. The fraction of sp³-hybridized carbons (Fsp3) is 0.130. The van der Waals surface area contributed by atoms with Crippen molar-refractivity contribution in [1.29, 1.82) is 0 Å². The first kappa shape index (κ1) is 19.9. The number of anilines is 1. The topological polar surface area (TPSA) is 70.1 Å². The Balaban J connectivity index is 1.64. The lowest BCUT2D eigenvalue weighted by Gasteiger charge is -2.20. The lowest BCUT2D eigenvalue weighted by Crippen LogP contribution is -2.34. The number of rotatable bonds is 7. The van der Waals surface area contributed by atoms with Gasteiger partial charge in [0.05, 0.1) is 17.9 Å². The third kappa shape index (κ3) is 3.72. The van der Waals surface area contributed by atoms with E-state index >= 15 is 0 Å². The molecule has 2 aromatic carbocycles. The molecule has 1 N–H and O–H groups in total. The number of para-hydroxylation sites is 1. The van der Waals surface area contributed by atoms with E-state index in [0.717, 1.165) is 4.88 Å². The van der Waals surface area contributed by atoms with E-state index in [-0.39, 0.29) is 19.1 Å². The van der Waals surface area contributed by atoms with Gasteiger partial charge in [0.2, 0.25) is 0 Å². The predicted octanol–water partition coefficient (Wildman–Crippen LogP) is 3.75. The molecule has 1 aliphatic rings. The van der Waals surface area contributed by atoms with E-state index in [1.54, 1.807) is 36.2 Å². The molecule has 7 heteroatoms. The maximum Gasteiger partial charge on any atom is 0.282 e. The van der Waals surface area contributed by atoms with Crippen LogP contribution >= 0.6 is 11.3 Å². The van der Waals surface area contributed by atoms with E-state index in [1.165, 1.54) is 16.2 Å². The van der Waals surface area contributed by atoms with E-state index in [9.17, 15) is 14.7 Å². The number of amides is 2. The highest BCUT2D eigenvalue weighted by atomic mass is 32.1. The van der Waals surface area contributed by atoms with Crippen LogP contribution in [0, 0.1) is 0 Å². The van der Waals surface area contributed by atoms with Gasteiger partial charge in [-0.2, -0.15) is 0 Å². The molecule has 0 saturated heterocycles. The Bertz CT molecular complexity index is 1080. The molecule has 0 fully saturated rings. The summed E-state index contributed by atoms with van der Waals surface area (Å²) in [5, 5.41) is 11.2. The minimum absolute atomic E-state index is 0.120. The van der Waals surface area contributed by atoms with Crippen LogP contribution < -0.4 is 9.64 Å². The molecule has 0 spiro atoms. The summed E-state index contributed by atoms with van der Waals surface area (Å²) in [6, 6.07) is 19.9. The van der Waals surface area contributed by atoms with Crippen molar-refractivity contribution in [3.8, 4) is 11.5 Å². The second kappa shape index (κ2) is 8.52. The Labute approximate surface area is 178 Å². The monoisotopic (exact) mass is 420 g/mol. The van der Waals surface area contributed by atoms with Crippen LogP contribution in [0.15, 0.2) is 77.8 Å². The fourth-order valence-electron chi connectivity index (χ4n) is 3.30. The van der Waals surface area contributed by atoms with Gasteiger partial charge in [-0.3, -0.25) is 9.59 Å². The number of imide groups is 1. The van der Waals surface area contributed by atoms with Crippen LogP contribution in [-0.2, 0) is 9.59 Å². The minimum atomic E-state index is -0.406. The number of aliphatic hydroxyl groups is 1. The minimum Gasteiger partial charge on any atom is -0.457 e. The van der Waals surface area contributed by atoms with Crippen molar-refractivity contribution in [2.45, 2.75) is 0 Å². The molecule has 4 rings (SSSR count). The van der Waals surface area contributed by atoms with Crippen LogP contribution in [0.2, 0.25) is 0 Å². The zero-order valence-corrected chi connectivity index (χ0v) is 17.1. The highest BCUT2D eigenvalue weighted by Gasteiger charge is 2.42. The van der Waals surface area contributed by atoms with Gasteiger partial charge in [-0.1, -0.05) is 24.3 Å². The number of ether oxygens (including phenoxy) is 1. The third-order valence-corrected chi connectivity index (χ3v) is 5.61. The molecule has 2 amide bonds. The van der Waals surface area contributed by atoms with Crippen molar-refractivity contribution < 1.29 is 19.4 Å². The average Bonchev–Trinajstić information content (AvgIpc) is 3.36. The number of nitrogens with zero attached hydrogens (tertiary/aromatic N) is 2. The standard InChI is InChI=1S/C23H20N2O4S/c1-24(13-14-26)21-20(19-8-5-15-30-19)22(27)25(23(21)28)16-9-11-18(12-10-16)29-17-6-3-2-4-7-17/h2-12,15,26H,13-14H2,1H3. The van der Waals surface area contributed by atoms with Gasteiger partial charge in [0.25, 0.3) is 11.8 Å². The number of hydrogen-bond donors (Lipinski definition) is 1. The molecule has 0 aliphatic carbocycles. The second-order valence-corrected chi connectivity index (χ2v) is 7.65. The molecule has 0 bridgehead atoms. The molecular weight excluding hydrogens is 400 g/mol. The van der Waals surface area contributed by atoms with Crippen molar-refractivity contribution >= 4 is 34.4 Å². The number of hydrogen-bond acceptors (Lipinski definition) is 6. The molecule has 0 saturated carbocycles. The third-order valence-electron chi connectivity index (χ3n) is 4.72. The molecule has 3 aromatic rings. The molecule has 2 heterocycles. The van der Waals surface area contributed by atoms with Crippen LogP contribution in [0.3, 0.4) is 0 Å². The van der Waals surface area contributed by atoms with Gasteiger partial charge >= 0.3 is 0 Å². The van der Waals surface area contributed by atoms with Gasteiger partial charge in [-0.25, -0.2) is 4.90 Å². The summed E-state index contributed by atoms with van der Waals surface area (Å²) in [6.45, 7) is 0.131. The molecule has 1 aromatic heterocycles. The quantitative estimate of drug-likeness (QED) is 0.590. The van der Waals surface area contributed by atoms with Crippen LogP contribution in [0.1, 0.15) is 4.88 Å². The lowest BCUT2D eigenvalue weighted by molar-refractivity contribution is -0.120. The van der Waals surface area contributed by atoms with Crippen molar-refractivity contribution in [2.75, 3.05) is 25.1 Å². The first-order valence-electron chi connectivity index (χ1n) is 9.42. The van der Waals surface area contributed by atoms with E-state index < -0.39 is 5.91 Å². The van der Waals surface area contributed by atoms with Gasteiger partial charge in [-0.05, 0) is 47.8 Å². The summed E-state index contributed by atoms with van der Waals surface area (Å²) >= 11 is 1.40. The van der Waals surface area contributed by atoms with Gasteiger partial charge in [-0.15, -0.1) is 11.3 Å². The summed E-state index contributed by atoms with van der Waals surface area (Å²) in [6.07, 6.45) is 0. The molecule has 0 atom stereocenters. The molecule has 0 radical (unpaired) electrons. The number of likely N-dealkylation sites (N-methyl/N-ethyl adjacent to an activating group) is 1. The van der Waals surface area contributed by atoms with Crippen molar-refractivity contribution in [3.63, 3.8) is 0 Å². The normalized spacial score (nSPS) is 13.9. The molecular formula is C23H20N2O4S. The van der Waals surface area contributed by atoms with Crippen LogP contribution in [-0.4, -0.2) is 42.0 Å². The number of thiophene rings is 1. The van der Waals surface area contributed by atoms with Gasteiger partial charge in [0, 0.05) is 18.5 Å². The van der Waals surface area contributed by atoms with Crippen molar-refractivity contribution in [3.05, 3.63) is 82.7 Å². The number of benzene rings is 2. The Kier molecular flexibility index (Phi) is 5.65. The van der Waals surface area contributed by atoms with E-state index in [1.807, 2.05) is 47.8 Å². The van der Waals surface area contributed by atoms with Crippen LogP contribution in [0.5, 0.6) is 11.5 Å². The van der Waals surface area contributed by atoms with E-state index in [0.29, 0.717) is 28.5 Å². The van der Waals surface area contributed by atoms with Crippen LogP contribution in [0.25, 0.3) is 5.57 Å². The summed E-state index contributed by atoms with van der Waals surface area (Å²) in [7, 11) is 1.70. The molecule has 6 nitrogen and oxygen atoms in total. The summed E-state index contributed by atoms with van der Waals surface area (Å²) < 4.78 is 5.79. The smallest absolute Gasteiger partial charge is 0.282 e.